The van der Waals surface area contributed by atoms with Crippen LogP contribution in [0, 0.1) is 12.8 Å². The number of piperidine rings is 1. The molecule has 0 radical (unpaired) electrons. The van der Waals surface area contributed by atoms with E-state index in [4.69, 9.17) is 0 Å². The largest absolute Gasteiger partial charge is 0.342 e. The maximum Gasteiger partial charge on any atom is 0.227 e. The highest BCUT2D eigenvalue weighted by Gasteiger charge is 2.23. The lowest BCUT2D eigenvalue weighted by atomic mass is 9.91. The zero-order valence-electron chi connectivity index (χ0n) is 13.0. The quantitative estimate of drug-likeness (QED) is 0.865. The van der Waals surface area contributed by atoms with E-state index >= 15 is 0 Å². The van der Waals surface area contributed by atoms with Crippen molar-refractivity contribution in [3.63, 3.8) is 0 Å². The Bertz CT molecular complexity index is 607. The predicted molar refractivity (Wildman–Crippen MR) is 90.0 cm³/mol. The van der Waals surface area contributed by atoms with Gasteiger partial charge in [-0.1, -0.05) is 6.07 Å². The highest BCUT2D eigenvalue weighted by atomic mass is 32.1. The molecule has 2 aromatic rings. The summed E-state index contributed by atoms with van der Waals surface area (Å²) in [5.41, 5.74) is 3.47. The van der Waals surface area contributed by atoms with Crippen LogP contribution in [0.4, 0.5) is 0 Å². The first-order valence-corrected chi connectivity index (χ1v) is 8.85. The Morgan fingerprint density at radius 2 is 2.27 bits per heavy atom. The molecule has 1 atom stereocenters. The fourth-order valence-corrected chi connectivity index (χ4v) is 3.76. The van der Waals surface area contributed by atoms with Gasteiger partial charge in [-0.25, -0.2) is 0 Å². The molecular weight excluding hydrogens is 292 g/mol. The first kappa shape index (κ1) is 15.2. The van der Waals surface area contributed by atoms with Crippen molar-refractivity contribution in [3.8, 4) is 0 Å². The number of thiophene rings is 1. The molecule has 2 aromatic heterocycles. The Kier molecular flexibility index (Phi) is 4.88. The predicted octanol–water partition coefficient (Wildman–Crippen LogP) is 3.48. The molecule has 22 heavy (non-hydrogen) atoms. The Morgan fingerprint density at radius 3 is 3.00 bits per heavy atom. The summed E-state index contributed by atoms with van der Waals surface area (Å²) in [5, 5.41) is 4.10. The third-order valence-corrected chi connectivity index (χ3v) is 5.04. The summed E-state index contributed by atoms with van der Waals surface area (Å²) < 4.78 is 0. The smallest absolute Gasteiger partial charge is 0.227 e. The Hall–Kier alpha value is -1.68. The van der Waals surface area contributed by atoms with E-state index < -0.39 is 0 Å². The highest BCUT2D eigenvalue weighted by molar-refractivity contribution is 7.07. The molecule has 0 bridgehead atoms. The number of carbonyl (C=O) groups is 1. The number of rotatable bonds is 4. The van der Waals surface area contributed by atoms with Crippen molar-refractivity contribution in [2.24, 2.45) is 5.92 Å². The lowest BCUT2D eigenvalue weighted by molar-refractivity contribution is -0.132. The zero-order chi connectivity index (χ0) is 15.4. The van der Waals surface area contributed by atoms with Gasteiger partial charge in [0.15, 0.2) is 0 Å². The Labute approximate surface area is 136 Å². The number of likely N-dealkylation sites (tertiary alicyclic amines) is 1. The fourth-order valence-electron chi connectivity index (χ4n) is 3.09. The minimum atomic E-state index is 0.269. The number of nitrogens with zero attached hydrogens (tertiary/aromatic N) is 2. The van der Waals surface area contributed by atoms with E-state index in [0.717, 1.165) is 37.2 Å². The standard InChI is InChI=1S/C18H22N2OS/c1-14-4-5-15(11-19-14)9-16-3-2-7-20(12-16)18(21)10-17-6-8-22-13-17/h4-6,8,11,13,16H,2-3,7,9-10,12H2,1H3/t16-/m1/s1. The summed E-state index contributed by atoms with van der Waals surface area (Å²) in [6.45, 7) is 3.80. The van der Waals surface area contributed by atoms with Crippen LogP contribution in [-0.4, -0.2) is 28.9 Å². The van der Waals surface area contributed by atoms with E-state index in [1.54, 1.807) is 11.3 Å². The van der Waals surface area contributed by atoms with Crippen LogP contribution in [0.5, 0.6) is 0 Å². The molecule has 0 unspecified atom stereocenters. The molecule has 0 spiro atoms. The first-order chi connectivity index (χ1) is 10.7. The second kappa shape index (κ2) is 7.05. The molecule has 0 saturated carbocycles. The summed E-state index contributed by atoms with van der Waals surface area (Å²) in [6, 6.07) is 6.27. The molecule has 1 amide bonds. The van der Waals surface area contributed by atoms with Crippen LogP contribution in [-0.2, 0) is 17.6 Å². The van der Waals surface area contributed by atoms with E-state index in [-0.39, 0.29) is 5.91 Å². The number of hydrogen-bond donors (Lipinski definition) is 0. The van der Waals surface area contributed by atoms with Crippen molar-refractivity contribution >= 4 is 17.2 Å². The summed E-state index contributed by atoms with van der Waals surface area (Å²) in [7, 11) is 0. The number of pyridine rings is 1. The minimum Gasteiger partial charge on any atom is -0.342 e. The van der Waals surface area contributed by atoms with Crippen LogP contribution in [0.2, 0.25) is 0 Å². The van der Waals surface area contributed by atoms with Gasteiger partial charge in [0.05, 0.1) is 6.42 Å². The van der Waals surface area contributed by atoms with Gasteiger partial charge >= 0.3 is 0 Å². The van der Waals surface area contributed by atoms with Crippen LogP contribution in [0.1, 0.15) is 29.7 Å². The summed E-state index contributed by atoms with van der Waals surface area (Å²) in [5.74, 6) is 0.829. The van der Waals surface area contributed by atoms with Crippen LogP contribution in [0.25, 0.3) is 0 Å². The third-order valence-electron chi connectivity index (χ3n) is 4.30. The zero-order valence-corrected chi connectivity index (χ0v) is 13.8. The van der Waals surface area contributed by atoms with Crippen molar-refractivity contribution < 1.29 is 4.79 Å². The van der Waals surface area contributed by atoms with Crippen LogP contribution < -0.4 is 0 Å². The second-order valence-electron chi connectivity index (χ2n) is 6.17. The second-order valence-corrected chi connectivity index (χ2v) is 6.95. The maximum absolute atomic E-state index is 12.4. The van der Waals surface area contributed by atoms with Gasteiger partial charge in [-0.15, -0.1) is 0 Å². The van der Waals surface area contributed by atoms with Gasteiger partial charge in [-0.2, -0.15) is 11.3 Å². The van der Waals surface area contributed by atoms with E-state index in [2.05, 4.69) is 22.5 Å². The molecule has 0 aliphatic carbocycles. The maximum atomic E-state index is 12.4. The molecule has 3 nitrogen and oxygen atoms in total. The molecule has 0 N–H and O–H groups in total. The van der Waals surface area contributed by atoms with Crippen molar-refractivity contribution in [2.75, 3.05) is 13.1 Å². The van der Waals surface area contributed by atoms with Gasteiger partial charge in [-0.05, 0) is 66.1 Å². The fraction of sp³-hybridized carbons (Fsp3) is 0.444. The third kappa shape index (κ3) is 3.95. The number of hydrogen-bond acceptors (Lipinski definition) is 3. The van der Waals surface area contributed by atoms with Crippen LogP contribution >= 0.6 is 11.3 Å². The average Bonchev–Trinajstić information content (AvgIpc) is 3.03. The van der Waals surface area contributed by atoms with Crippen molar-refractivity contribution in [3.05, 3.63) is 52.0 Å². The summed E-state index contributed by atoms with van der Waals surface area (Å²) in [4.78, 5) is 18.8. The Balaban J connectivity index is 1.56. The first-order valence-electron chi connectivity index (χ1n) is 7.91. The van der Waals surface area contributed by atoms with Gasteiger partial charge in [0.2, 0.25) is 5.91 Å². The van der Waals surface area contributed by atoms with E-state index in [1.807, 2.05) is 29.5 Å². The Morgan fingerprint density at radius 1 is 1.36 bits per heavy atom. The van der Waals surface area contributed by atoms with E-state index in [1.165, 1.54) is 12.0 Å². The van der Waals surface area contributed by atoms with Crippen molar-refractivity contribution in [1.82, 2.24) is 9.88 Å². The van der Waals surface area contributed by atoms with Crippen LogP contribution in [0.3, 0.4) is 0 Å². The van der Waals surface area contributed by atoms with Gasteiger partial charge in [0.1, 0.15) is 0 Å². The normalized spacial score (nSPS) is 18.4. The SMILES string of the molecule is Cc1ccc(C[C@H]2CCCN(C(=O)Cc3ccsc3)C2)cn1. The topological polar surface area (TPSA) is 33.2 Å². The molecule has 3 heterocycles. The number of aryl methyl sites for hydroxylation is 1. The molecule has 1 fully saturated rings. The van der Waals surface area contributed by atoms with E-state index in [0.29, 0.717) is 12.3 Å². The lowest BCUT2D eigenvalue weighted by Gasteiger charge is -2.33. The average molecular weight is 314 g/mol. The number of aromatic nitrogens is 1. The van der Waals surface area contributed by atoms with Gasteiger partial charge < -0.3 is 4.90 Å². The molecule has 1 saturated heterocycles. The van der Waals surface area contributed by atoms with Crippen LogP contribution in [0.15, 0.2) is 35.2 Å². The highest BCUT2D eigenvalue weighted by Crippen LogP contribution is 2.21. The van der Waals surface area contributed by atoms with Crippen molar-refractivity contribution in [1.29, 1.82) is 0 Å². The monoisotopic (exact) mass is 314 g/mol. The van der Waals surface area contributed by atoms with Gasteiger partial charge in [-0.3, -0.25) is 9.78 Å². The molecular formula is C18H22N2OS. The van der Waals surface area contributed by atoms with Crippen molar-refractivity contribution in [2.45, 2.75) is 32.6 Å². The molecule has 0 aromatic carbocycles. The van der Waals surface area contributed by atoms with Gasteiger partial charge in [0.25, 0.3) is 0 Å². The lowest BCUT2D eigenvalue weighted by Crippen LogP contribution is -2.41. The summed E-state index contributed by atoms with van der Waals surface area (Å²) >= 11 is 1.65. The molecule has 1 aliphatic heterocycles. The molecule has 116 valence electrons. The molecule has 3 rings (SSSR count). The molecule has 1 aliphatic rings. The minimum absolute atomic E-state index is 0.269. The number of carbonyl (C=O) groups excluding carboxylic acids is 1. The van der Waals surface area contributed by atoms with E-state index in [9.17, 15) is 4.79 Å². The molecule has 4 heteroatoms. The van der Waals surface area contributed by atoms with Gasteiger partial charge in [0, 0.05) is 25.0 Å². The number of amides is 1. The summed E-state index contributed by atoms with van der Waals surface area (Å²) in [6.07, 6.45) is 5.86.